The first-order valence-electron chi connectivity index (χ1n) is 9.77. The molecule has 0 saturated heterocycles. The van der Waals surface area contributed by atoms with Crippen molar-refractivity contribution in [1.29, 1.82) is 0 Å². The number of aromatic nitrogens is 4. The molecule has 0 spiro atoms. The summed E-state index contributed by atoms with van der Waals surface area (Å²) >= 11 is 0. The van der Waals surface area contributed by atoms with Gasteiger partial charge in [0.05, 0.1) is 11.6 Å². The second-order valence-electron chi connectivity index (χ2n) is 8.80. The Morgan fingerprint density at radius 3 is 2.33 bits per heavy atom. The number of fused-ring (bicyclic) bond motifs is 1. The molecule has 0 aliphatic heterocycles. The first-order valence-corrected chi connectivity index (χ1v) is 9.77. The monoisotopic (exact) mass is 374 g/mol. The van der Waals surface area contributed by atoms with Crippen molar-refractivity contribution >= 4 is 22.8 Å². The van der Waals surface area contributed by atoms with Crippen molar-refractivity contribution in [3.63, 3.8) is 0 Å². The molecule has 0 aliphatic carbocycles. The predicted octanol–water partition coefficient (Wildman–Crippen LogP) is 3.71. The molecule has 1 N–H and O–H groups in total. The van der Waals surface area contributed by atoms with Crippen LogP contribution >= 0.6 is 0 Å². The van der Waals surface area contributed by atoms with Gasteiger partial charge < -0.3 is 5.32 Å². The maximum Gasteiger partial charge on any atom is 0.230 e. The second-order valence-corrected chi connectivity index (χ2v) is 8.80. The number of nitrogens with one attached hydrogen (secondary N) is 1. The zero-order valence-electron chi connectivity index (χ0n) is 17.9. The number of carbonyl (C=O) groups excluding carboxylic acids is 1. The van der Waals surface area contributed by atoms with Gasteiger partial charge in [0.1, 0.15) is 12.1 Å². The molecule has 7 heteroatoms. The Morgan fingerprint density at radius 1 is 1.15 bits per heavy atom. The molecule has 0 aliphatic rings. The third kappa shape index (κ3) is 5.03. The lowest BCUT2D eigenvalue weighted by atomic mass is 9.96. The highest BCUT2D eigenvalue weighted by atomic mass is 16.2. The summed E-state index contributed by atoms with van der Waals surface area (Å²) in [6, 6.07) is 1.43. The Labute approximate surface area is 162 Å². The Hall–Kier alpha value is -2.02. The molecule has 0 aromatic carbocycles. The van der Waals surface area contributed by atoms with E-state index in [1.165, 1.54) is 6.33 Å². The molecule has 2 heterocycles. The quantitative estimate of drug-likeness (QED) is 0.799. The average molecular weight is 375 g/mol. The fraction of sp³-hybridized carbons (Fsp3) is 0.700. The largest absolute Gasteiger partial charge is 0.310 e. The van der Waals surface area contributed by atoms with Gasteiger partial charge in [-0.1, -0.05) is 20.8 Å². The standard InChI is InChI=1S/C20H34N6O/c1-13(2)26(14(3)4)15(5)9-10-25-18-16(11-23-25)17(21-12-22-18)24-19(27)20(6,7)8/h11-15H,9-10H2,1-8H3,(H,21,22,24,27). The van der Waals surface area contributed by atoms with Crippen LogP contribution in [0.5, 0.6) is 0 Å². The van der Waals surface area contributed by atoms with Gasteiger partial charge in [0, 0.05) is 30.1 Å². The summed E-state index contributed by atoms with van der Waals surface area (Å²) in [6.07, 6.45) is 4.19. The van der Waals surface area contributed by atoms with E-state index < -0.39 is 5.41 Å². The number of rotatable bonds is 7. The van der Waals surface area contributed by atoms with Crippen molar-refractivity contribution in [1.82, 2.24) is 24.6 Å². The van der Waals surface area contributed by atoms with Crippen LogP contribution in [0.15, 0.2) is 12.5 Å². The number of amides is 1. The van der Waals surface area contributed by atoms with Crippen molar-refractivity contribution in [3.05, 3.63) is 12.5 Å². The van der Waals surface area contributed by atoms with E-state index in [2.05, 4.69) is 59.9 Å². The van der Waals surface area contributed by atoms with Crippen molar-refractivity contribution in [2.75, 3.05) is 5.32 Å². The lowest BCUT2D eigenvalue weighted by Crippen LogP contribution is -2.44. The van der Waals surface area contributed by atoms with Gasteiger partial charge >= 0.3 is 0 Å². The number of hydrogen-bond donors (Lipinski definition) is 1. The molecule has 0 bridgehead atoms. The summed E-state index contributed by atoms with van der Waals surface area (Å²) in [5.41, 5.74) is 0.266. The SMILES string of the molecule is CC(C)N(C(C)C)C(C)CCn1ncc2c(NC(=O)C(C)(C)C)ncnc21. The van der Waals surface area contributed by atoms with Crippen molar-refractivity contribution < 1.29 is 4.79 Å². The highest BCUT2D eigenvalue weighted by Crippen LogP contribution is 2.23. The van der Waals surface area contributed by atoms with E-state index in [1.54, 1.807) is 6.20 Å². The van der Waals surface area contributed by atoms with Crippen LogP contribution < -0.4 is 5.32 Å². The van der Waals surface area contributed by atoms with E-state index in [0.29, 0.717) is 23.9 Å². The van der Waals surface area contributed by atoms with E-state index in [-0.39, 0.29) is 5.91 Å². The van der Waals surface area contributed by atoms with Crippen LogP contribution in [-0.2, 0) is 11.3 Å². The molecule has 1 amide bonds. The Morgan fingerprint density at radius 2 is 1.78 bits per heavy atom. The van der Waals surface area contributed by atoms with Crippen molar-refractivity contribution in [2.24, 2.45) is 5.41 Å². The summed E-state index contributed by atoms with van der Waals surface area (Å²) in [7, 11) is 0. The van der Waals surface area contributed by atoms with Crippen molar-refractivity contribution in [2.45, 2.75) is 86.5 Å². The van der Waals surface area contributed by atoms with Gasteiger partial charge in [-0.3, -0.25) is 9.69 Å². The summed E-state index contributed by atoms with van der Waals surface area (Å²) in [5, 5.41) is 8.16. The molecule has 27 heavy (non-hydrogen) atoms. The molecule has 150 valence electrons. The zero-order valence-corrected chi connectivity index (χ0v) is 17.9. The first-order chi connectivity index (χ1) is 12.5. The van der Waals surface area contributed by atoms with Crippen LogP contribution in [0.3, 0.4) is 0 Å². The minimum Gasteiger partial charge on any atom is -0.310 e. The van der Waals surface area contributed by atoms with E-state index in [0.717, 1.165) is 24.0 Å². The number of carbonyl (C=O) groups is 1. The molecule has 7 nitrogen and oxygen atoms in total. The lowest BCUT2D eigenvalue weighted by Gasteiger charge is -2.36. The van der Waals surface area contributed by atoms with E-state index in [4.69, 9.17) is 0 Å². The van der Waals surface area contributed by atoms with Gasteiger partial charge in [-0.15, -0.1) is 0 Å². The maximum atomic E-state index is 12.3. The average Bonchev–Trinajstić information content (AvgIpc) is 2.95. The minimum atomic E-state index is -0.486. The fourth-order valence-electron chi connectivity index (χ4n) is 3.52. The summed E-state index contributed by atoms with van der Waals surface area (Å²) in [6.45, 7) is 17.6. The van der Waals surface area contributed by atoms with Crippen LogP contribution in [0.1, 0.15) is 61.8 Å². The lowest BCUT2D eigenvalue weighted by molar-refractivity contribution is -0.123. The Balaban J connectivity index is 2.17. The van der Waals surface area contributed by atoms with Gasteiger partial charge in [0.15, 0.2) is 5.65 Å². The third-order valence-corrected chi connectivity index (χ3v) is 4.81. The van der Waals surface area contributed by atoms with Gasteiger partial charge in [-0.05, 0) is 41.0 Å². The van der Waals surface area contributed by atoms with Gasteiger partial charge in [-0.25, -0.2) is 14.6 Å². The van der Waals surface area contributed by atoms with Crippen LogP contribution in [0.2, 0.25) is 0 Å². The molecule has 2 rings (SSSR count). The minimum absolute atomic E-state index is 0.0756. The van der Waals surface area contributed by atoms with Crippen LogP contribution in [-0.4, -0.2) is 48.7 Å². The molecule has 1 unspecified atom stereocenters. The summed E-state index contributed by atoms with van der Waals surface area (Å²) in [5.74, 6) is 0.443. The molecule has 0 saturated carbocycles. The number of anilines is 1. The van der Waals surface area contributed by atoms with E-state index >= 15 is 0 Å². The smallest absolute Gasteiger partial charge is 0.230 e. The molecule has 1 atom stereocenters. The number of nitrogens with zero attached hydrogens (tertiary/aromatic N) is 5. The first kappa shape index (κ1) is 21.3. The van der Waals surface area contributed by atoms with Crippen LogP contribution in [0, 0.1) is 5.41 Å². The normalized spacial score (nSPS) is 13.7. The number of hydrogen-bond acceptors (Lipinski definition) is 5. The van der Waals surface area contributed by atoms with E-state index in [9.17, 15) is 4.79 Å². The highest BCUT2D eigenvalue weighted by molar-refractivity contribution is 6.00. The molecule has 2 aromatic rings. The zero-order chi connectivity index (χ0) is 20.4. The fourth-order valence-corrected chi connectivity index (χ4v) is 3.52. The highest BCUT2D eigenvalue weighted by Gasteiger charge is 2.23. The summed E-state index contributed by atoms with van der Waals surface area (Å²) in [4.78, 5) is 23.4. The van der Waals surface area contributed by atoms with Gasteiger partial charge in [-0.2, -0.15) is 5.10 Å². The second kappa shape index (κ2) is 8.33. The third-order valence-electron chi connectivity index (χ3n) is 4.81. The van der Waals surface area contributed by atoms with Gasteiger partial charge in [0.25, 0.3) is 0 Å². The Kier molecular flexibility index (Phi) is 6.57. The molecular weight excluding hydrogens is 340 g/mol. The van der Waals surface area contributed by atoms with Crippen molar-refractivity contribution in [3.8, 4) is 0 Å². The van der Waals surface area contributed by atoms with E-state index in [1.807, 2.05) is 25.5 Å². The predicted molar refractivity (Wildman–Crippen MR) is 110 cm³/mol. The Bertz CT molecular complexity index is 766. The number of aryl methyl sites for hydroxylation is 1. The van der Waals surface area contributed by atoms with Crippen LogP contribution in [0.25, 0.3) is 11.0 Å². The summed E-state index contributed by atoms with van der Waals surface area (Å²) < 4.78 is 1.90. The van der Waals surface area contributed by atoms with Crippen LogP contribution in [0.4, 0.5) is 5.82 Å². The molecule has 2 aromatic heterocycles. The van der Waals surface area contributed by atoms with Gasteiger partial charge in [0.2, 0.25) is 5.91 Å². The maximum absolute atomic E-state index is 12.3. The molecule has 0 fully saturated rings. The topological polar surface area (TPSA) is 75.9 Å². The molecular formula is C20H34N6O. The molecule has 0 radical (unpaired) electrons.